The highest BCUT2D eigenvalue weighted by atomic mass is 15.3. The Balaban J connectivity index is 1.97. The largest absolute Gasteiger partial charge is 0.372 e. The van der Waals surface area contributed by atoms with Crippen molar-refractivity contribution in [2.45, 2.75) is 27.2 Å². The van der Waals surface area contributed by atoms with Gasteiger partial charge in [-0.15, -0.1) is 0 Å². The fourth-order valence-corrected chi connectivity index (χ4v) is 2.71. The van der Waals surface area contributed by atoms with E-state index < -0.39 is 0 Å². The van der Waals surface area contributed by atoms with Crippen molar-refractivity contribution in [3.8, 4) is 0 Å². The Kier molecular flexibility index (Phi) is 8.72. The van der Waals surface area contributed by atoms with Crippen LogP contribution >= 0.6 is 0 Å². The quantitative estimate of drug-likeness (QED) is 0.473. The summed E-state index contributed by atoms with van der Waals surface area (Å²) in [6.07, 6.45) is 18.4. The molecule has 0 fully saturated rings. The second-order valence-corrected chi connectivity index (χ2v) is 6.20. The lowest BCUT2D eigenvalue weighted by Gasteiger charge is -2.22. The molecule has 148 valence electrons. The normalized spacial score (nSPS) is 15.2. The molecule has 0 amide bonds. The first-order valence-electron chi connectivity index (χ1n) is 9.58. The summed E-state index contributed by atoms with van der Waals surface area (Å²) in [7, 11) is 0. The molecule has 0 spiro atoms. The minimum absolute atomic E-state index is 0.598. The van der Waals surface area contributed by atoms with Gasteiger partial charge in [-0.1, -0.05) is 43.9 Å². The molecule has 2 rings (SSSR count). The number of hydrogen-bond acceptors (Lipinski definition) is 6. The first kappa shape index (κ1) is 21.2. The van der Waals surface area contributed by atoms with Gasteiger partial charge in [0.25, 0.3) is 0 Å². The lowest BCUT2D eigenvalue weighted by molar-refractivity contribution is 0.393. The van der Waals surface area contributed by atoms with E-state index in [9.17, 15) is 0 Å². The molecule has 2 N–H and O–H groups in total. The van der Waals surface area contributed by atoms with Crippen LogP contribution in [-0.2, 0) is 0 Å². The monoisotopic (exact) mass is 378 g/mol. The van der Waals surface area contributed by atoms with E-state index in [-0.39, 0.29) is 0 Å². The van der Waals surface area contributed by atoms with Gasteiger partial charge < -0.3 is 15.5 Å². The molecule has 6 nitrogen and oxygen atoms in total. The van der Waals surface area contributed by atoms with Crippen molar-refractivity contribution in [2.24, 2.45) is 4.99 Å². The molecule has 6 heteroatoms. The lowest BCUT2D eigenvalue weighted by Crippen LogP contribution is -2.28. The Bertz CT molecular complexity index is 784. The molecule has 0 saturated carbocycles. The maximum absolute atomic E-state index is 4.43. The number of rotatable bonds is 10. The van der Waals surface area contributed by atoms with Crippen LogP contribution in [0.1, 0.15) is 32.8 Å². The molecular weight excluding hydrogens is 348 g/mol. The van der Waals surface area contributed by atoms with Crippen LogP contribution in [0.4, 0.5) is 5.95 Å². The van der Waals surface area contributed by atoms with E-state index in [4.69, 9.17) is 0 Å². The standard InChI is InChI=1S/C22H30N6/c1-5-9-11-18(7-3)16-28-17-23-14-20(28)15-27-22-25-12-19(13-26-22)21(10-6-2)24-8-4/h5,7-14,23H,3,6,15-17H2,1-2,4H3,(H,25,26,27)/b9-5-,18-11+,21-10-,24-8?. The third kappa shape index (κ3) is 6.23. The highest BCUT2D eigenvalue weighted by Gasteiger charge is 2.15. The molecule has 2 heterocycles. The van der Waals surface area contributed by atoms with Crippen LogP contribution in [0.5, 0.6) is 0 Å². The first-order chi connectivity index (χ1) is 13.7. The highest BCUT2D eigenvalue weighted by Crippen LogP contribution is 2.16. The number of nitrogens with one attached hydrogen (secondary N) is 2. The van der Waals surface area contributed by atoms with Gasteiger partial charge in [-0.2, -0.15) is 0 Å². The Morgan fingerprint density at radius 1 is 1.36 bits per heavy atom. The van der Waals surface area contributed by atoms with Crippen LogP contribution in [0.2, 0.25) is 0 Å². The second-order valence-electron chi connectivity index (χ2n) is 6.20. The second kappa shape index (κ2) is 11.5. The van der Waals surface area contributed by atoms with Crippen LogP contribution < -0.4 is 10.6 Å². The van der Waals surface area contributed by atoms with Gasteiger partial charge in [-0.3, -0.25) is 4.99 Å². The van der Waals surface area contributed by atoms with Crippen molar-refractivity contribution >= 4 is 17.9 Å². The first-order valence-corrected chi connectivity index (χ1v) is 9.58. The molecule has 0 radical (unpaired) electrons. The van der Waals surface area contributed by atoms with E-state index in [1.807, 2.05) is 38.3 Å². The van der Waals surface area contributed by atoms with Gasteiger partial charge in [-0.25, -0.2) is 9.97 Å². The van der Waals surface area contributed by atoms with Gasteiger partial charge >= 0.3 is 0 Å². The van der Waals surface area contributed by atoms with Gasteiger partial charge in [-0.05, 0) is 25.8 Å². The van der Waals surface area contributed by atoms with Crippen molar-refractivity contribution in [1.82, 2.24) is 20.2 Å². The van der Waals surface area contributed by atoms with Gasteiger partial charge in [0.2, 0.25) is 5.95 Å². The van der Waals surface area contributed by atoms with Crippen LogP contribution in [-0.4, -0.2) is 40.8 Å². The smallest absolute Gasteiger partial charge is 0.222 e. The predicted molar refractivity (Wildman–Crippen MR) is 119 cm³/mol. The Hall–Kier alpha value is -3.15. The van der Waals surface area contributed by atoms with E-state index in [0.29, 0.717) is 12.5 Å². The SMILES string of the molecule is C=C/C(=C\C=C/C)CN1CNC=C1CNc1ncc(/C(=C/CC)N=CC)cn1. The molecule has 1 aliphatic rings. The minimum Gasteiger partial charge on any atom is -0.372 e. The Morgan fingerprint density at radius 3 is 2.79 bits per heavy atom. The van der Waals surface area contributed by atoms with Crippen molar-refractivity contribution in [1.29, 1.82) is 0 Å². The fourth-order valence-electron chi connectivity index (χ4n) is 2.71. The summed E-state index contributed by atoms with van der Waals surface area (Å²) in [5.74, 6) is 0.598. The molecular formula is C22H30N6. The summed E-state index contributed by atoms with van der Waals surface area (Å²) in [4.78, 5) is 15.5. The summed E-state index contributed by atoms with van der Waals surface area (Å²) in [6, 6.07) is 0. The molecule has 0 saturated heterocycles. The Labute approximate surface area is 168 Å². The number of allylic oxidation sites excluding steroid dienone is 4. The van der Waals surface area contributed by atoms with Crippen molar-refractivity contribution in [3.05, 3.63) is 72.4 Å². The fraction of sp³-hybridized carbons (Fsp3) is 0.318. The summed E-state index contributed by atoms with van der Waals surface area (Å²) in [5.41, 5.74) is 4.14. The zero-order chi connectivity index (χ0) is 20.2. The summed E-state index contributed by atoms with van der Waals surface area (Å²) >= 11 is 0. The lowest BCUT2D eigenvalue weighted by atomic mass is 10.2. The third-order valence-corrected chi connectivity index (χ3v) is 4.14. The highest BCUT2D eigenvalue weighted by molar-refractivity contribution is 5.72. The Morgan fingerprint density at radius 2 is 2.14 bits per heavy atom. The minimum atomic E-state index is 0.598. The molecule has 0 bridgehead atoms. The number of aliphatic imine (C=N–C) groups is 1. The molecule has 0 unspecified atom stereocenters. The molecule has 1 aromatic rings. The van der Waals surface area contributed by atoms with E-state index in [2.05, 4.69) is 56.1 Å². The van der Waals surface area contributed by atoms with Crippen LogP contribution in [0.25, 0.3) is 5.70 Å². The summed E-state index contributed by atoms with van der Waals surface area (Å²) in [6.45, 7) is 12.1. The number of anilines is 1. The van der Waals surface area contributed by atoms with Crippen molar-refractivity contribution in [2.75, 3.05) is 25.1 Å². The molecule has 28 heavy (non-hydrogen) atoms. The van der Waals surface area contributed by atoms with E-state index in [1.165, 1.54) is 5.57 Å². The maximum atomic E-state index is 4.43. The zero-order valence-corrected chi connectivity index (χ0v) is 17.0. The average Bonchev–Trinajstić information content (AvgIpc) is 3.16. The van der Waals surface area contributed by atoms with E-state index >= 15 is 0 Å². The molecule has 0 atom stereocenters. The molecule has 1 aliphatic heterocycles. The van der Waals surface area contributed by atoms with Gasteiger partial charge in [0.1, 0.15) is 0 Å². The number of hydrogen-bond donors (Lipinski definition) is 2. The van der Waals surface area contributed by atoms with E-state index in [0.717, 1.165) is 36.6 Å². The predicted octanol–water partition coefficient (Wildman–Crippen LogP) is 4.12. The van der Waals surface area contributed by atoms with Gasteiger partial charge in [0.05, 0.1) is 24.6 Å². The van der Waals surface area contributed by atoms with Crippen LogP contribution in [0.3, 0.4) is 0 Å². The molecule has 1 aromatic heterocycles. The van der Waals surface area contributed by atoms with Crippen LogP contribution in [0, 0.1) is 0 Å². The summed E-state index contributed by atoms with van der Waals surface area (Å²) in [5, 5.41) is 6.57. The zero-order valence-electron chi connectivity index (χ0n) is 17.0. The third-order valence-electron chi connectivity index (χ3n) is 4.14. The number of nitrogens with zero attached hydrogens (tertiary/aromatic N) is 4. The topological polar surface area (TPSA) is 65.4 Å². The van der Waals surface area contributed by atoms with Crippen molar-refractivity contribution in [3.63, 3.8) is 0 Å². The van der Waals surface area contributed by atoms with Crippen molar-refractivity contribution < 1.29 is 0 Å². The number of aromatic nitrogens is 2. The van der Waals surface area contributed by atoms with Gasteiger partial charge in [0, 0.05) is 36.9 Å². The van der Waals surface area contributed by atoms with E-state index in [1.54, 1.807) is 18.6 Å². The maximum Gasteiger partial charge on any atom is 0.222 e. The molecule has 0 aliphatic carbocycles. The van der Waals surface area contributed by atoms with Crippen LogP contribution in [0.15, 0.2) is 71.8 Å². The molecule has 0 aromatic carbocycles. The summed E-state index contributed by atoms with van der Waals surface area (Å²) < 4.78 is 0. The van der Waals surface area contributed by atoms with Gasteiger partial charge in [0.15, 0.2) is 0 Å². The average molecular weight is 379 g/mol.